The zero-order valence-electron chi connectivity index (χ0n) is 6.76. The van der Waals surface area contributed by atoms with Crippen molar-refractivity contribution >= 4 is 21.8 Å². The van der Waals surface area contributed by atoms with Gasteiger partial charge in [0.05, 0.1) is 10.2 Å². The lowest BCUT2D eigenvalue weighted by atomic mass is 10.3. The molecule has 0 radical (unpaired) electrons. The minimum absolute atomic E-state index is 0.303. The summed E-state index contributed by atoms with van der Waals surface area (Å²) < 4.78 is 2.28. The van der Waals surface area contributed by atoms with Crippen molar-refractivity contribution in [2.75, 3.05) is 0 Å². The topological polar surface area (TPSA) is 72.9 Å². The van der Waals surface area contributed by atoms with Crippen LogP contribution in [0, 0.1) is 6.92 Å². The van der Waals surface area contributed by atoms with Gasteiger partial charge in [-0.1, -0.05) is 0 Å². The number of carbonyl (C=O) groups excluding carboxylic acids is 1. The first-order valence-electron chi connectivity index (χ1n) is 3.28. The summed E-state index contributed by atoms with van der Waals surface area (Å²) in [6.45, 7) is 1.85. The molecule has 66 valence electrons. The van der Waals surface area contributed by atoms with Gasteiger partial charge in [0.25, 0.3) is 5.91 Å². The van der Waals surface area contributed by atoms with Crippen LogP contribution in [0.15, 0.2) is 4.47 Å². The van der Waals surface area contributed by atoms with E-state index in [0.29, 0.717) is 10.2 Å². The first kappa shape index (κ1) is 9.21. The van der Waals surface area contributed by atoms with Gasteiger partial charge in [-0.2, -0.15) is 5.10 Å². The second-order valence-electron chi connectivity index (χ2n) is 2.35. The molecular formula is C6H9BrN4O. The zero-order chi connectivity index (χ0) is 9.30. The number of amides is 1. The van der Waals surface area contributed by atoms with Crippen LogP contribution in [0.4, 0.5) is 0 Å². The minimum Gasteiger partial charge on any atom is -0.289 e. The zero-order valence-corrected chi connectivity index (χ0v) is 8.34. The summed E-state index contributed by atoms with van der Waals surface area (Å²) in [4.78, 5) is 11.1. The molecule has 0 aromatic carbocycles. The molecule has 0 aliphatic carbocycles. The lowest BCUT2D eigenvalue weighted by molar-refractivity contribution is 0.0947. The number of aromatic nitrogens is 2. The number of nitrogen functional groups attached to an aromatic ring is 1. The standard InChI is InChI=1S/C6H9BrN4O/c1-3-4(7)5(6(12)9-8)10-11(3)2/h8H2,1-2H3,(H,9,12). The highest BCUT2D eigenvalue weighted by atomic mass is 79.9. The molecule has 12 heavy (non-hydrogen) atoms. The Morgan fingerprint density at radius 3 is 2.67 bits per heavy atom. The van der Waals surface area contributed by atoms with Crippen molar-refractivity contribution in [2.45, 2.75) is 6.92 Å². The number of hydrogen-bond acceptors (Lipinski definition) is 3. The molecule has 1 heterocycles. The van der Waals surface area contributed by atoms with Gasteiger partial charge in [0, 0.05) is 7.05 Å². The number of nitrogens with one attached hydrogen (secondary N) is 1. The molecule has 0 aliphatic heterocycles. The monoisotopic (exact) mass is 232 g/mol. The summed E-state index contributed by atoms with van der Waals surface area (Å²) in [5.74, 6) is 4.57. The maximum atomic E-state index is 11.1. The highest BCUT2D eigenvalue weighted by Crippen LogP contribution is 2.19. The number of halogens is 1. The molecule has 0 bridgehead atoms. The van der Waals surface area contributed by atoms with Crippen LogP contribution in [0.3, 0.4) is 0 Å². The third-order valence-corrected chi connectivity index (χ3v) is 2.56. The highest BCUT2D eigenvalue weighted by molar-refractivity contribution is 9.10. The predicted molar refractivity (Wildman–Crippen MR) is 47.3 cm³/mol. The van der Waals surface area contributed by atoms with Gasteiger partial charge in [-0.3, -0.25) is 14.9 Å². The molecule has 1 aromatic rings. The number of hydrogen-bond donors (Lipinski definition) is 2. The average molecular weight is 233 g/mol. The quantitative estimate of drug-likeness (QED) is 0.410. The molecule has 0 atom stereocenters. The Bertz CT molecular complexity index is 320. The average Bonchev–Trinajstić information content (AvgIpc) is 2.32. The Labute approximate surface area is 78.0 Å². The van der Waals surface area contributed by atoms with Crippen molar-refractivity contribution in [2.24, 2.45) is 12.9 Å². The molecule has 0 unspecified atom stereocenters. The Balaban J connectivity index is 3.17. The first-order valence-corrected chi connectivity index (χ1v) is 4.07. The number of aryl methyl sites for hydroxylation is 1. The van der Waals surface area contributed by atoms with Gasteiger partial charge in [0.1, 0.15) is 0 Å². The minimum atomic E-state index is -0.398. The molecule has 1 rings (SSSR count). The fourth-order valence-corrected chi connectivity index (χ4v) is 1.31. The van der Waals surface area contributed by atoms with Gasteiger partial charge in [-0.25, -0.2) is 5.84 Å². The van der Waals surface area contributed by atoms with Crippen LogP contribution in [0.1, 0.15) is 16.2 Å². The van der Waals surface area contributed by atoms with Crippen LogP contribution in [-0.4, -0.2) is 15.7 Å². The van der Waals surface area contributed by atoms with Gasteiger partial charge >= 0.3 is 0 Å². The Morgan fingerprint density at radius 1 is 1.75 bits per heavy atom. The van der Waals surface area contributed by atoms with Gasteiger partial charge in [0.2, 0.25) is 0 Å². The number of rotatable bonds is 1. The van der Waals surface area contributed by atoms with E-state index in [1.54, 1.807) is 11.7 Å². The van der Waals surface area contributed by atoms with Crippen LogP contribution in [0.25, 0.3) is 0 Å². The van der Waals surface area contributed by atoms with Gasteiger partial charge in [0.15, 0.2) is 5.69 Å². The number of hydrazine groups is 1. The molecular weight excluding hydrogens is 224 g/mol. The fourth-order valence-electron chi connectivity index (χ4n) is 0.796. The van der Waals surface area contributed by atoms with E-state index in [1.807, 2.05) is 12.3 Å². The van der Waals surface area contributed by atoms with E-state index in [2.05, 4.69) is 21.0 Å². The largest absolute Gasteiger partial charge is 0.289 e. The number of nitrogens with zero attached hydrogens (tertiary/aromatic N) is 2. The van der Waals surface area contributed by atoms with E-state index in [0.717, 1.165) is 5.69 Å². The van der Waals surface area contributed by atoms with Crippen molar-refractivity contribution in [3.63, 3.8) is 0 Å². The van der Waals surface area contributed by atoms with Crippen molar-refractivity contribution in [3.05, 3.63) is 15.9 Å². The van der Waals surface area contributed by atoms with Crippen LogP contribution < -0.4 is 11.3 Å². The molecule has 3 N–H and O–H groups in total. The van der Waals surface area contributed by atoms with Crippen molar-refractivity contribution in [3.8, 4) is 0 Å². The van der Waals surface area contributed by atoms with Crippen molar-refractivity contribution < 1.29 is 4.79 Å². The Hall–Kier alpha value is -0.880. The molecule has 1 amide bonds. The second kappa shape index (κ2) is 3.24. The summed E-state index contributed by atoms with van der Waals surface area (Å²) in [7, 11) is 1.76. The third-order valence-electron chi connectivity index (χ3n) is 1.61. The molecule has 6 heteroatoms. The van der Waals surface area contributed by atoms with E-state index in [4.69, 9.17) is 5.84 Å². The summed E-state index contributed by atoms with van der Waals surface area (Å²) in [5, 5.41) is 3.96. The summed E-state index contributed by atoms with van der Waals surface area (Å²) >= 11 is 3.24. The predicted octanol–water partition coefficient (Wildman–Crippen LogP) is 0.0945. The number of carbonyl (C=O) groups is 1. The fraction of sp³-hybridized carbons (Fsp3) is 0.333. The lowest BCUT2D eigenvalue weighted by Gasteiger charge is -1.93. The summed E-state index contributed by atoms with van der Waals surface area (Å²) in [6.07, 6.45) is 0. The lowest BCUT2D eigenvalue weighted by Crippen LogP contribution is -2.30. The van der Waals surface area contributed by atoms with Crippen LogP contribution >= 0.6 is 15.9 Å². The Kier molecular flexibility index (Phi) is 2.49. The Morgan fingerprint density at radius 2 is 2.33 bits per heavy atom. The third kappa shape index (κ3) is 1.35. The first-order chi connectivity index (χ1) is 5.57. The molecule has 5 nitrogen and oxygen atoms in total. The van der Waals surface area contributed by atoms with Gasteiger partial charge in [-0.05, 0) is 22.9 Å². The van der Waals surface area contributed by atoms with Crippen LogP contribution in [-0.2, 0) is 7.05 Å². The molecule has 0 spiro atoms. The molecule has 0 fully saturated rings. The molecule has 0 aliphatic rings. The van der Waals surface area contributed by atoms with Crippen molar-refractivity contribution in [1.82, 2.24) is 15.2 Å². The van der Waals surface area contributed by atoms with E-state index in [-0.39, 0.29) is 0 Å². The molecule has 0 saturated heterocycles. The van der Waals surface area contributed by atoms with Crippen LogP contribution in [0.5, 0.6) is 0 Å². The van der Waals surface area contributed by atoms with E-state index in [9.17, 15) is 4.79 Å². The smallest absolute Gasteiger partial charge is 0.286 e. The van der Waals surface area contributed by atoms with Gasteiger partial charge in [-0.15, -0.1) is 0 Å². The second-order valence-corrected chi connectivity index (χ2v) is 3.14. The van der Waals surface area contributed by atoms with E-state index in [1.165, 1.54) is 0 Å². The number of nitrogens with two attached hydrogens (primary N) is 1. The maximum Gasteiger partial charge on any atom is 0.286 e. The summed E-state index contributed by atoms with van der Waals surface area (Å²) in [5.41, 5.74) is 3.20. The molecule has 0 saturated carbocycles. The summed E-state index contributed by atoms with van der Waals surface area (Å²) in [6, 6.07) is 0. The van der Waals surface area contributed by atoms with Crippen LogP contribution in [0.2, 0.25) is 0 Å². The van der Waals surface area contributed by atoms with E-state index >= 15 is 0 Å². The van der Waals surface area contributed by atoms with Gasteiger partial charge < -0.3 is 0 Å². The van der Waals surface area contributed by atoms with E-state index < -0.39 is 5.91 Å². The van der Waals surface area contributed by atoms with Crippen molar-refractivity contribution in [1.29, 1.82) is 0 Å². The SMILES string of the molecule is Cc1c(Br)c(C(=O)NN)nn1C. The maximum absolute atomic E-state index is 11.1. The normalized spacial score (nSPS) is 10.0. The molecule has 1 aromatic heterocycles. The highest BCUT2D eigenvalue weighted by Gasteiger charge is 2.15.